The summed E-state index contributed by atoms with van der Waals surface area (Å²) in [6.45, 7) is 0. The number of carboxylic acids is 1. The van der Waals surface area contributed by atoms with E-state index >= 15 is 0 Å². The minimum absolute atomic E-state index is 1.52. The quantitative estimate of drug-likeness (QED) is 0.373. The van der Waals surface area contributed by atoms with Crippen molar-refractivity contribution in [2.24, 2.45) is 5.73 Å². The van der Waals surface area contributed by atoms with Crippen molar-refractivity contribution in [1.29, 1.82) is 0 Å². The zero-order chi connectivity index (χ0) is 15.8. The van der Waals surface area contributed by atoms with Gasteiger partial charge in [-0.15, -0.1) is 0 Å². The van der Waals surface area contributed by atoms with Crippen LogP contribution in [-0.4, -0.2) is 20.9 Å². The number of carboxylic acid groups (broad SMARTS) is 1. The van der Waals surface area contributed by atoms with Crippen LogP contribution in [0.5, 0.6) is 0 Å². The number of aliphatic carboxylic acids is 1. The van der Waals surface area contributed by atoms with Crippen LogP contribution in [0.15, 0.2) is 0 Å². The van der Waals surface area contributed by atoms with E-state index in [0.717, 1.165) is 0 Å². The SMILES string of the molecule is NC(C(=O)O)c1c(F)c(F)c(CP(=O)(O)O)c(F)c1F. The average Bonchev–Trinajstić information content (AvgIpc) is 2.31. The molecule has 1 rings (SSSR count). The fourth-order valence-electron chi connectivity index (χ4n) is 1.44. The Morgan fingerprint density at radius 1 is 1.10 bits per heavy atom. The first-order valence-electron chi connectivity index (χ1n) is 4.85. The van der Waals surface area contributed by atoms with Crippen LogP contribution in [0.4, 0.5) is 17.6 Å². The molecule has 0 aliphatic rings. The van der Waals surface area contributed by atoms with Gasteiger partial charge in [-0.25, -0.2) is 17.6 Å². The lowest BCUT2D eigenvalue weighted by molar-refractivity contribution is -0.138. The van der Waals surface area contributed by atoms with E-state index in [4.69, 9.17) is 20.6 Å². The van der Waals surface area contributed by atoms with Gasteiger partial charge in [0, 0.05) is 5.56 Å². The van der Waals surface area contributed by atoms with Crippen molar-refractivity contribution >= 4 is 13.6 Å². The fourth-order valence-corrected chi connectivity index (χ4v) is 2.13. The van der Waals surface area contributed by atoms with Gasteiger partial charge in [-0.3, -0.25) is 9.36 Å². The van der Waals surface area contributed by atoms with Crippen molar-refractivity contribution in [1.82, 2.24) is 0 Å². The van der Waals surface area contributed by atoms with E-state index in [-0.39, 0.29) is 0 Å². The molecule has 0 spiro atoms. The predicted octanol–water partition coefficient (Wildman–Crippen LogP) is 1.01. The number of nitrogens with two attached hydrogens (primary N) is 1. The third-order valence-corrected chi connectivity index (χ3v) is 3.06. The van der Waals surface area contributed by atoms with E-state index in [1.54, 1.807) is 0 Å². The normalized spacial score (nSPS) is 13.3. The maximum absolute atomic E-state index is 13.5. The number of benzene rings is 1. The van der Waals surface area contributed by atoms with Crippen LogP contribution in [0, 0.1) is 23.3 Å². The molecule has 1 aromatic rings. The van der Waals surface area contributed by atoms with E-state index < -0.39 is 60.2 Å². The highest BCUT2D eigenvalue weighted by Gasteiger charge is 2.33. The lowest BCUT2D eigenvalue weighted by Gasteiger charge is -2.14. The summed E-state index contributed by atoms with van der Waals surface area (Å²) in [5.74, 6) is -10.4. The summed E-state index contributed by atoms with van der Waals surface area (Å²) in [6.07, 6.45) is -1.58. The summed E-state index contributed by atoms with van der Waals surface area (Å²) in [4.78, 5) is 27.7. The van der Waals surface area contributed by atoms with Gasteiger partial charge in [-0.2, -0.15) is 0 Å². The van der Waals surface area contributed by atoms with Crippen LogP contribution < -0.4 is 5.73 Å². The van der Waals surface area contributed by atoms with Crippen molar-refractivity contribution in [2.75, 3.05) is 0 Å². The molecule has 0 bridgehead atoms. The first-order valence-corrected chi connectivity index (χ1v) is 6.64. The molecule has 0 aromatic heterocycles. The number of hydrogen-bond donors (Lipinski definition) is 4. The minimum atomic E-state index is -5.00. The van der Waals surface area contributed by atoms with Crippen LogP contribution in [0.1, 0.15) is 17.2 Å². The summed E-state index contributed by atoms with van der Waals surface area (Å²) in [7, 11) is -5.00. The highest BCUT2D eigenvalue weighted by molar-refractivity contribution is 7.50. The Hall–Kier alpha value is -1.48. The third kappa shape index (κ3) is 3.15. The van der Waals surface area contributed by atoms with Crippen molar-refractivity contribution in [3.05, 3.63) is 34.4 Å². The van der Waals surface area contributed by atoms with Crippen molar-refractivity contribution in [3.63, 3.8) is 0 Å². The van der Waals surface area contributed by atoms with Crippen molar-refractivity contribution in [2.45, 2.75) is 12.2 Å². The van der Waals surface area contributed by atoms with E-state index in [2.05, 4.69) is 0 Å². The molecular weight excluding hydrogens is 309 g/mol. The van der Waals surface area contributed by atoms with Crippen molar-refractivity contribution in [3.8, 4) is 0 Å². The van der Waals surface area contributed by atoms with Gasteiger partial charge in [0.2, 0.25) is 0 Å². The van der Waals surface area contributed by atoms with Gasteiger partial charge >= 0.3 is 13.6 Å². The van der Waals surface area contributed by atoms with Gasteiger partial charge in [-0.1, -0.05) is 0 Å². The summed E-state index contributed by atoms with van der Waals surface area (Å²) in [5.41, 5.74) is 1.80. The molecule has 112 valence electrons. The van der Waals surface area contributed by atoms with E-state index in [1.165, 1.54) is 0 Å². The number of carbonyl (C=O) groups is 1. The lowest BCUT2D eigenvalue weighted by atomic mass is 10.0. The zero-order valence-corrected chi connectivity index (χ0v) is 10.4. The maximum atomic E-state index is 13.5. The van der Waals surface area contributed by atoms with Crippen LogP contribution in [0.25, 0.3) is 0 Å². The summed E-state index contributed by atoms with van der Waals surface area (Å²) in [6, 6.07) is -2.37. The second-order valence-electron chi connectivity index (χ2n) is 3.79. The minimum Gasteiger partial charge on any atom is -0.480 e. The van der Waals surface area contributed by atoms with Crippen molar-refractivity contribution < 1.29 is 41.8 Å². The first kappa shape index (κ1) is 16.6. The van der Waals surface area contributed by atoms with Gasteiger partial charge in [0.15, 0.2) is 23.3 Å². The highest BCUT2D eigenvalue weighted by atomic mass is 31.2. The van der Waals surface area contributed by atoms with Crippen LogP contribution in [0.3, 0.4) is 0 Å². The Labute approximate surface area is 109 Å². The third-order valence-electron chi connectivity index (χ3n) is 2.33. The zero-order valence-electron chi connectivity index (χ0n) is 9.48. The smallest absolute Gasteiger partial charge is 0.330 e. The molecule has 11 heteroatoms. The Morgan fingerprint density at radius 3 is 1.80 bits per heavy atom. The second kappa shape index (κ2) is 5.49. The summed E-state index contributed by atoms with van der Waals surface area (Å²) in [5, 5.41) is 8.49. The highest BCUT2D eigenvalue weighted by Crippen LogP contribution is 2.42. The predicted molar refractivity (Wildman–Crippen MR) is 56.6 cm³/mol. The number of halogens is 4. The van der Waals surface area contributed by atoms with E-state index in [9.17, 15) is 26.9 Å². The van der Waals surface area contributed by atoms with E-state index in [0.29, 0.717) is 0 Å². The molecular formula is C9H8F4NO5P. The molecule has 0 fully saturated rings. The molecule has 0 radical (unpaired) electrons. The number of rotatable bonds is 4. The molecule has 1 aromatic carbocycles. The topological polar surface area (TPSA) is 121 Å². The molecule has 0 saturated carbocycles. The fraction of sp³-hybridized carbons (Fsp3) is 0.222. The standard InChI is InChI=1S/C9H8F4NO5P/c10-4-2(1-20(17,18)19)5(11)7(13)3(6(4)12)8(14)9(15)16/h8H,1,14H2,(H,15,16)(H2,17,18,19). The largest absolute Gasteiger partial charge is 0.480 e. The number of hydrogen-bond acceptors (Lipinski definition) is 3. The Morgan fingerprint density at radius 2 is 1.50 bits per heavy atom. The van der Waals surface area contributed by atoms with Gasteiger partial charge < -0.3 is 20.6 Å². The Bertz CT molecular complexity index is 588. The monoisotopic (exact) mass is 317 g/mol. The molecule has 0 saturated heterocycles. The second-order valence-corrected chi connectivity index (χ2v) is 5.43. The van der Waals surface area contributed by atoms with Crippen LogP contribution in [0.2, 0.25) is 0 Å². The molecule has 0 amide bonds. The van der Waals surface area contributed by atoms with Gasteiger partial charge in [0.1, 0.15) is 6.04 Å². The lowest BCUT2D eigenvalue weighted by Crippen LogP contribution is -2.25. The molecule has 0 heterocycles. The first-order chi connectivity index (χ1) is 8.97. The van der Waals surface area contributed by atoms with E-state index in [1.807, 2.05) is 0 Å². The molecule has 1 unspecified atom stereocenters. The molecule has 0 aliphatic heterocycles. The van der Waals surface area contributed by atoms with Gasteiger partial charge in [0.25, 0.3) is 0 Å². The average molecular weight is 317 g/mol. The van der Waals surface area contributed by atoms with Crippen LogP contribution in [-0.2, 0) is 15.5 Å². The maximum Gasteiger partial charge on any atom is 0.330 e. The van der Waals surface area contributed by atoms with Crippen LogP contribution >= 0.6 is 7.60 Å². The molecule has 1 atom stereocenters. The Kier molecular flexibility index (Phi) is 4.55. The molecule has 6 nitrogen and oxygen atoms in total. The molecule has 5 N–H and O–H groups in total. The summed E-state index contributed by atoms with van der Waals surface area (Å²) < 4.78 is 64.6. The summed E-state index contributed by atoms with van der Waals surface area (Å²) >= 11 is 0. The molecule has 0 aliphatic carbocycles. The molecule has 20 heavy (non-hydrogen) atoms. The van der Waals surface area contributed by atoms with Gasteiger partial charge in [-0.05, 0) is 0 Å². The van der Waals surface area contributed by atoms with Gasteiger partial charge in [0.05, 0.1) is 11.7 Å². The Balaban J connectivity index is 3.57.